The van der Waals surface area contributed by atoms with Crippen molar-refractivity contribution in [3.05, 3.63) is 28.0 Å². The maximum Gasteiger partial charge on any atom is 0.433 e. The molecule has 1 rings (SSSR count). The first-order valence-electron chi connectivity index (χ1n) is 4.87. The minimum atomic E-state index is -0.689. The van der Waals surface area contributed by atoms with Gasteiger partial charge in [-0.2, -0.15) is 0 Å². The fourth-order valence-corrected chi connectivity index (χ4v) is 1.11. The van der Waals surface area contributed by atoms with Gasteiger partial charge >= 0.3 is 5.88 Å². The molecule has 7 nitrogen and oxygen atoms in total. The second-order valence-corrected chi connectivity index (χ2v) is 3.15. The highest BCUT2D eigenvalue weighted by Gasteiger charge is 2.16. The molecule has 0 aliphatic heterocycles. The van der Waals surface area contributed by atoms with Crippen molar-refractivity contribution in [3.63, 3.8) is 0 Å². The maximum atomic E-state index is 11.4. The molecule has 0 aromatic carbocycles. The molecule has 0 atom stereocenters. The highest BCUT2D eigenvalue weighted by molar-refractivity contribution is 5.91. The Morgan fingerprint density at radius 1 is 1.50 bits per heavy atom. The van der Waals surface area contributed by atoms with Crippen LogP contribution in [0.25, 0.3) is 0 Å². The Morgan fingerprint density at radius 3 is 2.81 bits per heavy atom. The Balaban J connectivity index is 2.43. The Morgan fingerprint density at radius 2 is 2.25 bits per heavy atom. The Bertz CT molecular complexity index is 375. The van der Waals surface area contributed by atoms with Crippen molar-refractivity contribution in [2.75, 3.05) is 13.1 Å². The van der Waals surface area contributed by atoms with Gasteiger partial charge in [0.2, 0.25) is 0 Å². The predicted molar refractivity (Wildman–Crippen MR) is 56.0 cm³/mol. The quantitative estimate of drug-likeness (QED) is 0.421. The van der Waals surface area contributed by atoms with Crippen LogP contribution in [0.3, 0.4) is 0 Å². The van der Waals surface area contributed by atoms with Gasteiger partial charge in [0.15, 0.2) is 5.76 Å². The van der Waals surface area contributed by atoms with E-state index in [1.165, 1.54) is 6.07 Å². The number of nitrogens with two attached hydrogens (primary N) is 1. The van der Waals surface area contributed by atoms with Gasteiger partial charge in [0.05, 0.1) is 6.07 Å². The van der Waals surface area contributed by atoms with E-state index in [4.69, 9.17) is 10.2 Å². The molecule has 1 aromatic heterocycles. The molecule has 0 saturated carbocycles. The van der Waals surface area contributed by atoms with Crippen LogP contribution >= 0.6 is 0 Å². The van der Waals surface area contributed by atoms with Gasteiger partial charge in [0, 0.05) is 6.54 Å². The predicted octanol–water partition coefficient (Wildman–Crippen LogP) is 0.657. The summed E-state index contributed by atoms with van der Waals surface area (Å²) in [6, 6.07) is 2.42. The minimum absolute atomic E-state index is 0.0561. The number of nitrogens with zero attached hydrogens (tertiary/aromatic N) is 1. The van der Waals surface area contributed by atoms with Crippen molar-refractivity contribution < 1.29 is 14.1 Å². The van der Waals surface area contributed by atoms with Crippen molar-refractivity contribution in [2.24, 2.45) is 5.73 Å². The number of carbonyl (C=O) groups is 1. The molecule has 0 fully saturated rings. The van der Waals surface area contributed by atoms with E-state index in [0.29, 0.717) is 13.1 Å². The largest absolute Gasteiger partial charge is 0.433 e. The maximum absolute atomic E-state index is 11.4. The number of hydrogen-bond acceptors (Lipinski definition) is 5. The van der Waals surface area contributed by atoms with E-state index in [9.17, 15) is 14.9 Å². The van der Waals surface area contributed by atoms with Crippen molar-refractivity contribution in [1.29, 1.82) is 0 Å². The van der Waals surface area contributed by atoms with Crippen LogP contribution in [-0.4, -0.2) is 23.9 Å². The standard InChI is InChI=1S/C9H13N3O4/c10-5-1-2-6-11-9(13)7-3-4-8(16-7)12(14)15/h3-4H,1-2,5-6,10H2,(H,11,13). The Labute approximate surface area is 91.8 Å². The lowest BCUT2D eigenvalue weighted by molar-refractivity contribution is -0.402. The zero-order valence-corrected chi connectivity index (χ0v) is 8.64. The van der Waals surface area contributed by atoms with E-state index < -0.39 is 16.7 Å². The molecule has 0 spiro atoms. The van der Waals surface area contributed by atoms with Crippen LogP contribution in [0.1, 0.15) is 23.4 Å². The van der Waals surface area contributed by atoms with Crippen molar-refractivity contribution in [3.8, 4) is 0 Å². The highest BCUT2D eigenvalue weighted by atomic mass is 16.6. The van der Waals surface area contributed by atoms with Crippen LogP contribution in [0.5, 0.6) is 0 Å². The molecule has 7 heteroatoms. The molecule has 88 valence electrons. The normalized spacial score (nSPS) is 10.1. The third-order valence-corrected chi connectivity index (χ3v) is 1.91. The number of amides is 1. The average Bonchev–Trinajstić information content (AvgIpc) is 2.73. The molecule has 16 heavy (non-hydrogen) atoms. The summed E-state index contributed by atoms with van der Waals surface area (Å²) in [5.74, 6) is -0.948. The summed E-state index contributed by atoms with van der Waals surface area (Å²) in [6.45, 7) is 1.05. The van der Waals surface area contributed by atoms with Gasteiger partial charge in [-0.05, 0) is 25.5 Å². The van der Waals surface area contributed by atoms with Gasteiger partial charge < -0.3 is 15.5 Å². The molecule has 1 heterocycles. The zero-order valence-electron chi connectivity index (χ0n) is 8.64. The first-order valence-corrected chi connectivity index (χ1v) is 4.87. The first-order chi connectivity index (χ1) is 7.65. The van der Waals surface area contributed by atoms with E-state index in [2.05, 4.69) is 5.32 Å². The van der Waals surface area contributed by atoms with Gasteiger partial charge in [-0.25, -0.2) is 0 Å². The molecule has 0 saturated heterocycles. The topological polar surface area (TPSA) is 111 Å². The third-order valence-electron chi connectivity index (χ3n) is 1.91. The summed E-state index contributed by atoms with van der Waals surface area (Å²) in [4.78, 5) is 21.0. The summed E-state index contributed by atoms with van der Waals surface area (Å²) in [6.07, 6.45) is 1.59. The van der Waals surface area contributed by atoms with Gasteiger partial charge in [-0.1, -0.05) is 0 Å². The fraction of sp³-hybridized carbons (Fsp3) is 0.444. The number of nitro groups is 1. The summed E-state index contributed by atoms with van der Waals surface area (Å²) < 4.78 is 4.73. The van der Waals surface area contributed by atoms with E-state index in [0.717, 1.165) is 18.9 Å². The second kappa shape index (κ2) is 5.86. The molecule has 3 N–H and O–H groups in total. The lowest BCUT2D eigenvalue weighted by Crippen LogP contribution is -2.24. The summed E-state index contributed by atoms with van der Waals surface area (Å²) >= 11 is 0. The number of hydrogen-bond donors (Lipinski definition) is 2. The molecule has 0 aliphatic carbocycles. The Kier molecular flexibility index (Phi) is 4.46. The van der Waals surface area contributed by atoms with Crippen LogP contribution in [0.15, 0.2) is 16.5 Å². The molecule has 0 bridgehead atoms. The second-order valence-electron chi connectivity index (χ2n) is 3.15. The van der Waals surface area contributed by atoms with Crippen LogP contribution < -0.4 is 11.1 Å². The van der Waals surface area contributed by atoms with Crippen LogP contribution in [0.2, 0.25) is 0 Å². The van der Waals surface area contributed by atoms with E-state index >= 15 is 0 Å². The molecular formula is C9H13N3O4. The minimum Gasteiger partial charge on any atom is -0.395 e. The zero-order chi connectivity index (χ0) is 12.0. The van der Waals surface area contributed by atoms with E-state index in [1.807, 2.05) is 0 Å². The molecule has 0 unspecified atom stereocenters. The molecule has 0 radical (unpaired) electrons. The summed E-state index contributed by atoms with van der Waals surface area (Å²) in [7, 11) is 0. The number of nitrogens with one attached hydrogen (secondary N) is 1. The van der Waals surface area contributed by atoms with Crippen molar-refractivity contribution in [1.82, 2.24) is 5.32 Å². The molecule has 1 aromatic rings. The van der Waals surface area contributed by atoms with Gasteiger partial charge in [-0.3, -0.25) is 14.9 Å². The molecule has 1 amide bonds. The SMILES string of the molecule is NCCCCNC(=O)c1ccc([N+](=O)[O-])o1. The third kappa shape index (κ3) is 3.35. The van der Waals surface area contributed by atoms with E-state index in [-0.39, 0.29) is 5.76 Å². The van der Waals surface area contributed by atoms with Gasteiger partial charge in [-0.15, -0.1) is 0 Å². The number of furan rings is 1. The first kappa shape index (κ1) is 12.2. The average molecular weight is 227 g/mol. The number of unbranched alkanes of at least 4 members (excludes halogenated alkanes) is 1. The lowest BCUT2D eigenvalue weighted by atomic mass is 10.3. The Hall–Kier alpha value is -1.89. The lowest BCUT2D eigenvalue weighted by Gasteiger charge is -2.00. The number of carbonyl (C=O) groups excluding carboxylic acids is 1. The summed E-state index contributed by atoms with van der Waals surface area (Å²) in [5, 5.41) is 12.9. The van der Waals surface area contributed by atoms with Gasteiger partial charge in [0.25, 0.3) is 5.91 Å². The van der Waals surface area contributed by atoms with Crippen molar-refractivity contribution in [2.45, 2.75) is 12.8 Å². The fourth-order valence-electron chi connectivity index (χ4n) is 1.11. The van der Waals surface area contributed by atoms with Crippen molar-refractivity contribution >= 4 is 11.8 Å². The summed E-state index contributed by atoms with van der Waals surface area (Å²) in [5.41, 5.74) is 5.29. The highest BCUT2D eigenvalue weighted by Crippen LogP contribution is 2.15. The van der Waals surface area contributed by atoms with Crippen LogP contribution in [0, 0.1) is 10.1 Å². The molecular weight excluding hydrogens is 214 g/mol. The van der Waals surface area contributed by atoms with E-state index in [1.54, 1.807) is 0 Å². The van der Waals surface area contributed by atoms with Crippen LogP contribution in [0.4, 0.5) is 5.88 Å². The smallest absolute Gasteiger partial charge is 0.395 e. The van der Waals surface area contributed by atoms with Gasteiger partial charge in [0.1, 0.15) is 4.92 Å². The number of rotatable bonds is 6. The van der Waals surface area contributed by atoms with Crippen LogP contribution in [-0.2, 0) is 0 Å². The molecule has 0 aliphatic rings. The monoisotopic (exact) mass is 227 g/mol.